The fourth-order valence-electron chi connectivity index (χ4n) is 7.16. The van der Waals surface area contributed by atoms with Gasteiger partial charge in [0.1, 0.15) is 58.9 Å². The van der Waals surface area contributed by atoms with Crippen molar-refractivity contribution in [2.45, 2.75) is 108 Å². The minimum Gasteiger partial charge on any atom is -0.507 e. The molecule has 3 aromatic rings. The number of aliphatic hydroxyl groups is 4. The van der Waals surface area contributed by atoms with Gasteiger partial charge in [0.15, 0.2) is 0 Å². The van der Waals surface area contributed by atoms with Crippen molar-refractivity contribution in [3.8, 4) is 28.4 Å². The Kier molecular flexibility index (Phi) is 10.1. The smallest absolute Gasteiger partial charge is 0.229 e. The number of phenolic OH excluding ortho intramolecular Hbond substituents is 2. The summed E-state index contributed by atoms with van der Waals surface area (Å²) in [5, 5.41) is 63.3. The number of aliphatic hydroxyl groups excluding tert-OH is 4. The molecule has 3 saturated heterocycles. The predicted octanol–water partition coefficient (Wildman–Crippen LogP) is 2.80. The highest BCUT2D eigenvalue weighted by molar-refractivity contribution is 5.92. The van der Waals surface area contributed by atoms with E-state index < -0.39 is 42.7 Å². The number of ether oxygens (including phenoxy) is 2. The van der Waals surface area contributed by atoms with Gasteiger partial charge < -0.3 is 44.5 Å². The summed E-state index contributed by atoms with van der Waals surface area (Å²) in [6, 6.07) is 6.89. The van der Waals surface area contributed by atoms with Crippen molar-refractivity contribution in [3.63, 3.8) is 0 Å². The van der Waals surface area contributed by atoms with Crippen molar-refractivity contribution in [2.24, 2.45) is 0 Å². The Morgan fingerprint density at radius 3 is 2.04 bits per heavy atom. The molecule has 0 spiro atoms. The van der Waals surface area contributed by atoms with Crippen molar-refractivity contribution in [1.29, 1.82) is 0 Å². The summed E-state index contributed by atoms with van der Waals surface area (Å²) in [5.74, 6) is -0.0630. The van der Waals surface area contributed by atoms with E-state index >= 15 is 0 Å². The summed E-state index contributed by atoms with van der Waals surface area (Å²) in [7, 11) is 0. The van der Waals surface area contributed by atoms with E-state index in [1.165, 1.54) is 6.26 Å². The maximum Gasteiger partial charge on any atom is 0.229 e. The highest BCUT2D eigenvalue weighted by Gasteiger charge is 2.44. The Bertz CT molecular complexity index is 1610. The summed E-state index contributed by atoms with van der Waals surface area (Å²) >= 11 is 0. The highest BCUT2D eigenvalue weighted by atomic mass is 16.7. The zero-order valence-electron chi connectivity index (χ0n) is 26.9. The van der Waals surface area contributed by atoms with Crippen molar-refractivity contribution in [2.75, 3.05) is 19.7 Å². The van der Waals surface area contributed by atoms with Gasteiger partial charge in [-0.05, 0) is 70.3 Å². The van der Waals surface area contributed by atoms with Crippen LogP contribution >= 0.6 is 0 Å². The van der Waals surface area contributed by atoms with Crippen molar-refractivity contribution < 1.29 is 44.5 Å². The average Bonchev–Trinajstić information content (AvgIpc) is 3.07. The molecule has 256 valence electrons. The van der Waals surface area contributed by atoms with E-state index in [2.05, 4.69) is 23.6 Å². The van der Waals surface area contributed by atoms with Crippen molar-refractivity contribution in [1.82, 2.24) is 9.80 Å². The van der Waals surface area contributed by atoms with Gasteiger partial charge in [-0.1, -0.05) is 25.0 Å². The molecule has 3 fully saturated rings. The Balaban J connectivity index is 1.36. The van der Waals surface area contributed by atoms with Crippen LogP contribution in [0.4, 0.5) is 0 Å². The molecular weight excluding hydrogens is 608 g/mol. The summed E-state index contributed by atoms with van der Waals surface area (Å²) in [6.45, 7) is 6.12. The molecule has 6 N–H and O–H groups in total. The van der Waals surface area contributed by atoms with Crippen LogP contribution in [-0.4, -0.2) is 103 Å². The fraction of sp³-hybridized carbons (Fsp3) is 0.571. The number of rotatable bonds is 8. The van der Waals surface area contributed by atoms with Crippen LogP contribution in [0.5, 0.6) is 17.2 Å². The SMILES string of the molecule is C[C@@H]1CCCCN1Cc1c(O)c(CN2CCCC[C@H]2C)c2occ(-c3ccc(O[C@H]4O[C@@H](CO)[C@H](O)[C@@H](O)[C@@H]4O)cc3)c(=O)c2c1O. The molecule has 0 unspecified atom stereocenters. The lowest BCUT2D eigenvalue weighted by Crippen LogP contribution is -2.60. The summed E-state index contributed by atoms with van der Waals surface area (Å²) in [4.78, 5) is 18.7. The van der Waals surface area contributed by atoms with E-state index in [-0.39, 0.29) is 39.8 Å². The van der Waals surface area contributed by atoms with E-state index in [0.29, 0.717) is 35.8 Å². The first kappa shape index (κ1) is 33.7. The molecule has 47 heavy (non-hydrogen) atoms. The quantitative estimate of drug-likeness (QED) is 0.210. The molecule has 0 saturated carbocycles. The summed E-state index contributed by atoms with van der Waals surface area (Å²) in [6.07, 6.45) is 0.634. The van der Waals surface area contributed by atoms with E-state index in [4.69, 9.17) is 13.9 Å². The lowest BCUT2D eigenvalue weighted by Gasteiger charge is -2.39. The van der Waals surface area contributed by atoms with Gasteiger partial charge in [-0.15, -0.1) is 0 Å². The van der Waals surface area contributed by atoms with Crippen LogP contribution in [0.3, 0.4) is 0 Å². The van der Waals surface area contributed by atoms with Crippen LogP contribution in [0.25, 0.3) is 22.1 Å². The zero-order valence-corrected chi connectivity index (χ0v) is 26.9. The second-order valence-corrected chi connectivity index (χ2v) is 13.3. The third kappa shape index (κ3) is 6.60. The Labute approximate surface area is 273 Å². The van der Waals surface area contributed by atoms with Gasteiger partial charge in [-0.3, -0.25) is 14.6 Å². The molecule has 12 heteroatoms. The Morgan fingerprint density at radius 2 is 1.45 bits per heavy atom. The first-order chi connectivity index (χ1) is 22.6. The predicted molar refractivity (Wildman–Crippen MR) is 173 cm³/mol. The third-order valence-corrected chi connectivity index (χ3v) is 10.2. The number of hydrogen-bond donors (Lipinski definition) is 6. The molecule has 7 atom stereocenters. The molecule has 0 radical (unpaired) electrons. The number of piperidine rings is 2. The van der Waals surface area contributed by atoms with Gasteiger partial charge >= 0.3 is 0 Å². The molecular formula is C35H46N2O10. The number of likely N-dealkylation sites (tertiary alicyclic amines) is 2. The minimum atomic E-state index is -1.58. The Hall–Kier alpha value is -3.23. The minimum absolute atomic E-state index is 0.0290. The second kappa shape index (κ2) is 14.1. The lowest BCUT2D eigenvalue weighted by molar-refractivity contribution is -0.277. The number of phenols is 2. The molecule has 4 heterocycles. The number of benzene rings is 2. The molecule has 1 aromatic heterocycles. The maximum atomic E-state index is 14.2. The highest BCUT2D eigenvalue weighted by Crippen LogP contribution is 2.42. The molecule has 6 rings (SSSR count). The summed E-state index contributed by atoms with van der Waals surface area (Å²) in [5.41, 5.74) is 1.24. The van der Waals surface area contributed by atoms with Crippen LogP contribution in [0.1, 0.15) is 63.5 Å². The standard InChI is InChI=1S/C35H46N2O10/c1-19-7-3-5-13-36(19)15-23-28(39)24(16-37-14-6-4-8-20(37)2)34-27(29(23)40)30(41)25(18-45-34)21-9-11-22(12-10-21)46-35-33(44)32(43)31(42)26(17-38)47-35/h9-12,18-20,26,31-33,35,38-40,42-44H,3-8,13-17H2,1-2H3/t19-,20-,26+,31+,32-,33+,35+/m1/s1. The van der Waals surface area contributed by atoms with Gasteiger partial charge in [0.2, 0.25) is 11.7 Å². The van der Waals surface area contributed by atoms with E-state index in [0.717, 1.165) is 51.6 Å². The Morgan fingerprint density at radius 1 is 0.830 bits per heavy atom. The number of hydrogen-bond acceptors (Lipinski definition) is 12. The largest absolute Gasteiger partial charge is 0.507 e. The van der Waals surface area contributed by atoms with Gasteiger partial charge in [0, 0.05) is 25.2 Å². The first-order valence-corrected chi connectivity index (χ1v) is 16.7. The monoisotopic (exact) mass is 654 g/mol. The molecule has 3 aliphatic heterocycles. The molecule has 3 aliphatic rings. The van der Waals surface area contributed by atoms with Gasteiger partial charge in [-0.2, -0.15) is 0 Å². The van der Waals surface area contributed by atoms with Crippen molar-refractivity contribution >= 4 is 11.0 Å². The van der Waals surface area contributed by atoms with Crippen LogP contribution in [0.2, 0.25) is 0 Å². The van der Waals surface area contributed by atoms with E-state index in [1.54, 1.807) is 24.3 Å². The molecule has 0 aliphatic carbocycles. The number of nitrogens with zero attached hydrogens (tertiary/aromatic N) is 2. The fourth-order valence-corrected chi connectivity index (χ4v) is 7.16. The topological polar surface area (TPSA) is 177 Å². The molecule has 12 nitrogen and oxygen atoms in total. The van der Waals surface area contributed by atoms with Gasteiger partial charge in [-0.25, -0.2) is 0 Å². The van der Waals surface area contributed by atoms with E-state index in [9.17, 15) is 35.4 Å². The second-order valence-electron chi connectivity index (χ2n) is 13.3. The normalized spacial score (nSPS) is 29.3. The zero-order chi connectivity index (χ0) is 33.4. The van der Waals surface area contributed by atoms with Crippen LogP contribution < -0.4 is 10.2 Å². The maximum absolute atomic E-state index is 14.2. The molecule has 0 bridgehead atoms. The number of aromatic hydroxyl groups is 2. The van der Waals surface area contributed by atoms with Gasteiger partial charge in [0.05, 0.1) is 23.3 Å². The average molecular weight is 655 g/mol. The number of fused-ring (bicyclic) bond motifs is 1. The van der Waals surface area contributed by atoms with Crippen LogP contribution in [0.15, 0.2) is 39.7 Å². The van der Waals surface area contributed by atoms with Gasteiger partial charge in [0.25, 0.3) is 0 Å². The summed E-state index contributed by atoms with van der Waals surface area (Å²) < 4.78 is 17.2. The molecule has 0 amide bonds. The van der Waals surface area contributed by atoms with E-state index in [1.807, 2.05) is 0 Å². The van der Waals surface area contributed by atoms with Crippen LogP contribution in [-0.2, 0) is 17.8 Å². The lowest BCUT2D eigenvalue weighted by atomic mass is 9.96. The molecule has 2 aromatic carbocycles. The first-order valence-electron chi connectivity index (χ1n) is 16.7. The van der Waals surface area contributed by atoms with Crippen LogP contribution in [0, 0.1) is 0 Å². The third-order valence-electron chi connectivity index (χ3n) is 10.2. The van der Waals surface area contributed by atoms with Crippen molar-refractivity contribution in [3.05, 3.63) is 51.9 Å².